The zero-order chi connectivity index (χ0) is 18.0. The third kappa shape index (κ3) is 3.26. The first-order valence-electron chi connectivity index (χ1n) is 7.42. The maximum atomic E-state index is 12.1. The smallest absolute Gasteiger partial charge is 0.339 e. The summed E-state index contributed by atoms with van der Waals surface area (Å²) in [7, 11) is 0. The van der Waals surface area contributed by atoms with Crippen LogP contribution in [-0.4, -0.2) is 27.5 Å². The molecule has 0 aliphatic carbocycles. The van der Waals surface area contributed by atoms with Crippen LogP contribution in [0.4, 0.5) is 17.2 Å². The second-order valence-corrected chi connectivity index (χ2v) is 6.01. The third-order valence-corrected chi connectivity index (χ3v) is 4.44. The lowest BCUT2D eigenvalue weighted by molar-refractivity contribution is -0.384. The summed E-state index contributed by atoms with van der Waals surface area (Å²) in [4.78, 5) is 31.7. The standard InChI is InChI=1S/C16H14N4O4S/c1-3-24-16(21)11-7-25-15-13(11)14(17-8-18-15)19-12-6-10(20(22)23)5-4-9(12)2/h4-8H,3H2,1-2H3,(H,17,18,19). The van der Waals surface area contributed by atoms with Crippen LogP contribution in [0, 0.1) is 17.0 Å². The molecule has 2 heterocycles. The van der Waals surface area contributed by atoms with Gasteiger partial charge in [-0.25, -0.2) is 14.8 Å². The first-order valence-corrected chi connectivity index (χ1v) is 8.30. The van der Waals surface area contributed by atoms with Gasteiger partial charge in [0, 0.05) is 23.2 Å². The molecule has 2 aromatic heterocycles. The summed E-state index contributed by atoms with van der Waals surface area (Å²) >= 11 is 1.30. The number of aromatic nitrogens is 2. The molecule has 0 saturated heterocycles. The van der Waals surface area contributed by atoms with Gasteiger partial charge < -0.3 is 10.1 Å². The predicted octanol–water partition coefficient (Wildman–Crippen LogP) is 3.83. The number of ether oxygens (including phenoxy) is 1. The van der Waals surface area contributed by atoms with Crippen LogP contribution in [0.15, 0.2) is 29.9 Å². The summed E-state index contributed by atoms with van der Waals surface area (Å²) in [5, 5.41) is 16.3. The number of carbonyl (C=O) groups is 1. The van der Waals surface area contributed by atoms with E-state index in [4.69, 9.17) is 4.74 Å². The Labute approximate surface area is 146 Å². The van der Waals surface area contributed by atoms with Gasteiger partial charge in [0.25, 0.3) is 5.69 Å². The maximum Gasteiger partial charge on any atom is 0.339 e. The van der Waals surface area contributed by atoms with Crippen molar-refractivity contribution in [3.05, 3.63) is 51.1 Å². The van der Waals surface area contributed by atoms with Crippen LogP contribution >= 0.6 is 11.3 Å². The SMILES string of the molecule is CCOC(=O)c1csc2ncnc(Nc3cc([N+](=O)[O-])ccc3C)c12. The Balaban J connectivity index is 2.08. The lowest BCUT2D eigenvalue weighted by Crippen LogP contribution is -2.05. The lowest BCUT2D eigenvalue weighted by atomic mass is 10.1. The van der Waals surface area contributed by atoms with E-state index in [-0.39, 0.29) is 12.3 Å². The van der Waals surface area contributed by atoms with Gasteiger partial charge in [-0.1, -0.05) is 6.07 Å². The second kappa shape index (κ2) is 6.81. The average molecular weight is 358 g/mol. The highest BCUT2D eigenvalue weighted by molar-refractivity contribution is 7.17. The number of rotatable bonds is 5. The van der Waals surface area contributed by atoms with Crippen molar-refractivity contribution in [2.45, 2.75) is 13.8 Å². The summed E-state index contributed by atoms with van der Waals surface area (Å²) in [6.07, 6.45) is 1.38. The highest BCUT2D eigenvalue weighted by Gasteiger charge is 2.19. The van der Waals surface area contributed by atoms with Crippen molar-refractivity contribution in [2.75, 3.05) is 11.9 Å². The van der Waals surface area contributed by atoms with Crippen molar-refractivity contribution >= 4 is 44.7 Å². The Morgan fingerprint density at radius 2 is 2.20 bits per heavy atom. The van der Waals surface area contributed by atoms with Gasteiger partial charge in [-0.15, -0.1) is 11.3 Å². The van der Waals surface area contributed by atoms with E-state index in [0.29, 0.717) is 27.3 Å². The van der Waals surface area contributed by atoms with Crippen molar-refractivity contribution in [2.24, 2.45) is 0 Å². The predicted molar refractivity (Wildman–Crippen MR) is 94.5 cm³/mol. The van der Waals surface area contributed by atoms with Gasteiger partial charge in [-0.3, -0.25) is 10.1 Å². The molecule has 0 aliphatic rings. The summed E-state index contributed by atoms with van der Waals surface area (Å²) in [6.45, 7) is 3.81. The van der Waals surface area contributed by atoms with Crippen LogP contribution in [0.25, 0.3) is 10.2 Å². The van der Waals surface area contributed by atoms with Gasteiger partial charge in [0.1, 0.15) is 17.0 Å². The molecule has 3 aromatic rings. The first-order chi connectivity index (χ1) is 12.0. The van der Waals surface area contributed by atoms with Gasteiger partial charge >= 0.3 is 5.97 Å². The summed E-state index contributed by atoms with van der Waals surface area (Å²) in [5.74, 6) is -0.0553. The van der Waals surface area contributed by atoms with Gasteiger partial charge in [-0.05, 0) is 19.4 Å². The average Bonchev–Trinajstić information content (AvgIpc) is 3.02. The first kappa shape index (κ1) is 16.8. The van der Waals surface area contributed by atoms with E-state index in [1.807, 2.05) is 6.92 Å². The van der Waals surface area contributed by atoms with Gasteiger partial charge in [-0.2, -0.15) is 0 Å². The number of nitro groups is 1. The molecule has 0 fully saturated rings. The second-order valence-electron chi connectivity index (χ2n) is 5.15. The molecule has 3 rings (SSSR count). The number of fused-ring (bicyclic) bond motifs is 1. The van der Waals surface area contributed by atoms with Crippen LogP contribution in [0.2, 0.25) is 0 Å². The van der Waals surface area contributed by atoms with E-state index in [2.05, 4.69) is 15.3 Å². The number of hydrogen-bond donors (Lipinski definition) is 1. The van der Waals surface area contributed by atoms with Crippen molar-refractivity contribution in [3.63, 3.8) is 0 Å². The third-order valence-electron chi connectivity index (χ3n) is 3.55. The molecule has 0 amide bonds. The van der Waals surface area contributed by atoms with E-state index >= 15 is 0 Å². The molecule has 9 heteroatoms. The molecule has 0 bridgehead atoms. The van der Waals surface area contributed by atoms with Crippen LogP contribution in [-0.2, 0) is 4.74 Å². The number of esters is 1. The normalized spacial score (nSPS) is 10.6. The number of hydrogen-bond acceptors (Lipinski definition) is 8. The highest BCUT2D eigenvalue weighted by atomic mass is 32.1. The lowest BCUT2D eigenvalue weighted by Gasteiger charge is -2.10. The van der Waals surface area contributed by atoms with E-state index in [9.17, 15) is 14.9 Å². The number of benzene rings is 1. The van der Waals surface area contributed by atoms with Crippen molar-refractivity contribution in [3.8, 4) is 0 Å². The molecule has 1 N–H and O–H groups in total. The Hall–Kier alpha value is -3.07. The minimum Gasteiger partial charge on any atom is -0.462 e. The van der Waals surface area contributed by atoms with Crippen LogP contribution in [0.3, 0.4) is 0 Å². The number of thiophene rings is 1. The van der Waals surface area contributed by atoms with Gasteiger partial charge in [0.05, 0.1) is 22.5 Å². The summed E-state index contributed by atoms with van der Waals surface area (Å²) in [5.41, 5.74) is 1.68. The number of aryl methyl sites for hydroxylation is 1. The highest BCUT2D eigenvalue weighted by Crippen LogP contribution is 2.33. The van der Waals surface area contributed by atoms with Crippen molar-refractivity contribution in [1.29, 1.82) is 0 Å². The Morgan fingerprint density at radius 3 is 2.92 bits per heavy atom. The molecule has 0 unspecified atom stereocenters. The van der Waals surface area contributed by atoms with E-state index in [0.717, 1.165) is 5.56 Å². The molecule has 128 valence electrons. The molecular formula is C16H14N4O4S. The number of carbonyl (C=O) groups excluding carboxylic acids is 1. The number of nitrogens with one attached hydrogen (secondary N) is 1. The minimum atomic E-state index is -0.463. The number of anilines is 2. The number of nitrogens with zero attached hydrogens (tertiary/aromatic N) is 3. The Bertz CT molecular complexity index is 970. The molecule has 0 saturated carbocycles. The summed E-state index contributed by atoms with van der Waals surface area (Å²) < 4.78 is 5.07. The fourth-order valence-electron chi connectivity index (χ4n) is 2.31. The fraction of sp³-hybridized carbons (Fsp3) is 0.188. The molecule has 1 aromatic carbocycles. The van der Waals surface area contributed by atoms with Crippen LogP contribution < -0.4 is 5.32 Å². The van der Waals surface area contributed by atoms with Crippen molar-refractivity contribution in [1.82, 2.24) is 9.97 Å². The monoisotopic (exact) mass is 358 g/mol. The van der Waals surface area contributed by atoms with E-state index < -0.39 is 10.9 Å². The molecular weight excluding hydrogens is 344 g/mol. The molecule has 0 aliphatic heterocycles. The van der Waals surface area contributed by atoms with Gasteiger partial charge in [0.15, 0.2) is 0 Å². The topological polar surface area (TPSA) is 107 Å². The fourth-order valence-corrected chi connectivity index (χ4v) is 3.19. The molecule has 25 heavy (non-hydrogen) atoms. The Morgan fingerprint density at radius 1 is 1.40 bits per heavy atom. The maximum absolute atomic E-state index is 12.1. The van der Waals surface area contributed by atoms with Crippen LogP contribution in [0.1, 0.15) is 22.8 Å². The summed E-state index contributed by atoms with van der Waals surface area (Å²) in [6, 6.07) is 4.52. The Kier molecular flexibility index (Phi) is 4.57. The van der Waals surface area contributed by atoms with E-state index in [1.165, 1.54) is 29.8 Å². The quantitative estimate of drug-likeness (QED) is 0.419. The number of non-ortho nitro benzene ring substituents is 1. The minimum absolute atomic E-state index is 0.0330. The largest absolute Gasteiger partial charge is 0.462 e. The molecule has 0 spiro atoms. The van der Waals surface area contributed by atoms with Gasteiger partial charge in [0.2, 0.25) is 0 Å². The van der Waals surface area contributed by atoms with Crippen molar-refractivity contribution < 1.29 is 14.5 Å². The molecule has 0 radical (unpaired) electrons. The van der Waals surface area contributed by atoms with Crippen LogP contribution in [0.5, 0.6) is 0 Å². The molecule has 0 atom stereocenters. The number of nitro benzene ring substituents is 1. The zero-order valence-corrected chi connectivity index (χ0v) is 14.3. The van der Waals surface area contributed by atoms with E-state index in [1.54, 1.807) is 18.4 Å². The molecule has 8 nitrogen and oxygen atoms in total. The zero-order valence-electron chi connectivity index (χ0n) is 13.5.